The second kappa shape index (κ2) is 6.37. The second-order valence-corrected chi connectivity index (χ2v) is 4.87. The summed E-state index contributed by atoms with van der Waals surface area (Å²) < 4.78 is 7.00. The van der Waals surface area contributed by atoms with E-state index in [2.05, 4.69) is 18.9 Å². The number of nitrogens with zero attached hydrogens (tertiary/aromatic N) is 2. The van der Waals surface area contributed by atoms with Crippen molar-refractivity contribution in [2.24, 2.45) is 0 Å². The lowest BCUT2D eigenvalue weighted by Crippen LogP contribution is -2.07. The monoisotopic (exact) mass is 272 g/mol. The fourth-order valence-electron chi connectivity index (χ4n) is 1.95. The summed E-state index contributed by atoms with van der Waals surface area (Å²) in [7, 11) is 1.61. The van der Waals surface area contributed by atoms with Crippen molar-refractivity contribution in [3.63, 3.8) is 0 Å². The van der Waals surface area contributed by atoms with Crippen LogP contribution in [0.15, 0.2) is 36.5 Å². The highest BCUT2D eigenvalue weighted by atomic mass is 16.5. The molecule has 0 N–H and O–H groups in total. The number of ether oxygens (including phenoxy) is 1. The van der Waals surface area contributed by atoms with E-state index in [4.69, 9.17) is 4.74 Å². The normalized spacial score (nSPS) is 12.2. The Bertz CT molecular complexity index is 572. The van der Waals surface area contributed by atoms with Gasteiger partial charge in [0.25, 0.3) is 0 Å². The Hall–Kier alpha value is -2.10. The summed E-state index contributed by atoms with van der Waals surface area (Å²) in [5, 5.41) is 4.45. The molecule has 1 atom stereocenters. The maximum absolute atomic E-state index is 12.2. The number of methoxy groups -OCH3 is 1. The molecule has 1 aromatic heterocycles. The molecule has 0 radical (unpaired) electrons. The number of Topliss-reactive ketones (excluding diaryl/α,β-unsaturated/α-hetero) is 1. The van der Waals surface area contributed by atoms with Gasteiger partial charge in [0.15, 0.2) is 5.78 Å². The molecule has 0 amide bonds. The van der Waals surface area contributed by atoms with Gasteiger partial charge in [0.05, 0.1) is 19.2 Å². The molecular formula is C16H20N2O2. The van der Waals surface area contributed by atoms with E-state index in [-0.39, 0.29) is 5.78 Å². The third-order valence-electron chi connectivity index (χ3n) is 3.46. The first-order chi connectivity index (χ1) is 9.63. The quantitative estimate of drug-likeness (QED) is 0.758. The molecule has 0 saturated carbocycles. The lowest BCUT2D eigenvalue weighted by Gasteiger charge is -2.08. The molecule has 0 aliphatic rings. The Morgan fingerprint density at radius 1 is 1.30 bits per heavy atom. The van der Waals surface area contributed by atoms with Gasteiger partial charge in [0.1, 0.15) is 5.75 Å². The SMILES string of the molecule is CCC(C)n1ccc(CC(=O)c2ccc(OC)cc2)n1. The van der Waals surface area contributed by atoms with Crippen LogP contribution in [-0.2, 0) is 6.42 Å². The van der Waals surface area contributed by atoms with Crippen molar-refractivity contribution in [1.29, 1.82) is 0 Å². The van der Waals surface area contributed by atoms with E-state index in [1.54, 1.807) is 31.4 Å². The highest BCUT2D eigenvalue weighted by Gasteiger charge is 2.11. The molecular weight excluding hydrogens is 252 g/mol. The summed E-state index contributed by atoms with van der Waals surface area (Å²) in [5.41, 5.74) is 1.50. The van der Waals surface area contributed by atoms with Crippen LogP contribution in [0.1, 0.15) is 42.4 Å². The van der Waals surface area contributed by atoms with E-state index in [9.17, 15) is 4.79 Å². The van der Waals surface area contributed by atoms with Crippen molar-refractivity contribution in [3.8, 4) is 5.75 Å². The zero-order valence-electron chi connectivity index (χ0n) is 12.2. The summed E-state index contributed by atoms with van der Waals surface area (Å²) in [4.78, 5) is 12.2. The Morgan fingerprint density at radius 3 is 2.60 bits per heavy atom. The van der Waals surface area contributed by atoms with E-state index in [1.165, 1.54) is 0 Å². The fraction of sp³-hybridized carbons (Fsp3) is 0.375. The summed E-state index contributed by atoms with van der Waals surface area (Å²) in [6.45, 7) is 4.23. The number of ketones is 1. The van der Waals surface area contributed by atoms with Crippen molar-refractivity contribution in [2.75, 3.05) is 7.11 Å². The fourth-order valence-corrected chi connectivity index (χ4v) is 1.95. The predicted molar refractivity (Wildman–Crippen MR) is 78.3 cm³/mol. The number of hydrogen-bond donors (Lipinski definition) is 0. The van der Waals surface area contributed by atoms with Crippen molar-refractivity contribution in [2.45, 2.75) is 32.7 Å². The topological polar surface area (TPSA) is 44.1 Å². The van der Waals surface area contributed by atoms with E-state index in [0.29, 0.717) is 18.0 Å². The van der Waals surface area contributed by atoms with Gasteiger partial charge < -0.3 is 4.74 Å². The molecule has 4 nitrogen and oxygen atoms in total. The molecule has 1 unspecified atom stereocenters. The molecule has 20 heavy (non-hydrogen) atoms. The molecule has 0 bridgehead atoms. The average Bonchev–Trinajstić information content (AvgIpc) is 2.95. The van der Waals surface area contributed by atoms with Crippen LogP contribution < -0.4 is 4.74 Å². The van der Waals surface area contributed by atoms with Crippen molar-refractivity contribution < 1.29 is 9.53 Å². The first-order valence-corrected chi connectivity index (χ1v) is 6.85. The van der Waals surface area contributed by atoms with Crippen LogP contribution in [0.2, 0.25) is 0 Å². The first-order valence-electron chi connectivity index (χ1n) is 6.85. The number of carbonyl (C=O) groups excluding carboxylic acids is 1. The summed E-state index contributed by atoms with van der Waals surface area (Å²) in [6, 6.07) is 9.43. The van der Waals surface area contributed by atoms with Crippen LogP contribution in [0.3, 0.4) is 0 Å². The Balaban J connectivity index is 2.05. The largest absolute Gasteiger partial charge is 0.497 e. The maximum atomic E-state index is 12.2. The zero-order valence-corrected chi connectivity index (χ0v) is 12.2. The molecule has 0 saturated heterocycles. The Kier molecular flexibility index (Phi) is 4.56. The van der Waals surface area contributed by atoms with Crippen LogP contribution in [0.5, 0.6) is 5.75 Å². The smallest absolute Gasteiger partial charge is 0.168 e. The first kappa shape index (κ1) is 14.3. The molecule has 0 fully saturated rings. The van der Waals surface area contributed by atoms with Crippen LogP contribution >= 0.6 is 0 Å². The van der Waals surface area contributed by atoms with Crippen molar-refractivity contribution in [3.05, 3.63) is 47.8 Å². The number of carbonyl (C=O) groups is 1. The minimum absolute atomic E-state index is 0.0713. The minimum atomic E-state index is 0.0713. The van der Waals surface area contributed by atoms with Crippen molar-refractivity contribution in [1.82, 2.24) is 9.78 Å². The molecule has 4 heteroatoms. The van der Waals surface area contributed by atoms with Gasteiger partial charge >= 0.3 is 0 Å². The highest BCUT2D eigenvalue weighted by Crippen LogP contribution is 2.14. The molecule has 1 aromatic carbocycles. The van der Waals surface area contributed by atoms with Gasteiger partial charge in [-0.05, 0) is 43.7 Å². The lowest BCUT2D eigenvalue weighted by molar-refractivity contribution is 0.0991. The van der Waals surface area contributed by atoms with Gasteiger partial charge in [-0.25, -0.2) is 0 Å². The maximum Gasteiger partial charge on any atom is 0.168 e. The molecule has 106 valence electrons. The van der Waals surface area contributed by atoms with Gasteiger partial charge in [0, 0.05) is 17.8 Å². The third kappa shape index (κ3) is 3.26. The average molecular weight is 272 g/mol. The summed E-state index contributed by atoms with van der Waals surface area (Å²) in [5.74, 6) is 0.824. The van der Waals surface area contributed by atoms with E-state index < -0.39 is 0 Å². The molecule has 2 rings (SSSR count). The number of aromatic nitrogens is 2. The van der Waals surface area contributed by atoms with E-state index in [0.717, 1.165) is 17.9 Å². The molecule has 1 heterocycles. The summed E-state index contributed by atoms with van der Waals surface area (Å²) >= 11 is 0. The third-order valence-corrected chi connectivity index (χ3v) is 3.46. The van der Waals surface area contributed by atoms with Crippen LogP contribution in [0.4, 0.5) is 0 Å². The lowest BCUT2D eigenvalue weighted by atomic mass is 10.1. The van der Waals surface area contributed by atoms with Gasteiger partial charge in [-0.15, -0.1) is 0 Å². The number of benzene rings is 1. The minimum Gasteiger partial charge on any atom is -0.497 e. The standard InChI is InChI=1S/C16H20N2O2/c1-4-12(2)18-10-9-14(17-18)11-16(19)13-5-7-15(20-3)8-6-13/h5-10,12H,4,11H2,1-3H3. The Labute approximate surface area is 119 Å². The molecule has 0 spiro atoms. The van der Waals surface area contributed by atoms with Gasteiger partial charge in [-0.1, -0.05) is 6.92 Å². The molecule has 0 aliphatic heterocycles. The van der Waals surface area contributed by atoms with Crippen molar-refractivity contribution >= 4 is 5.78 Å². The van der Waals surface area contributed by atoms with E-state index >= 15 is 0 Å². The molecule has 0 aliphatic carbocycles. The zero-order chi connectivity index (χ0) is 14.5. The highest BCUT2D eigenvalue weighted by molar-refractivity contribution is 5.97. The Morgan fingerprint density at radius 2 is 2.00 bits per heavy atom. The van der Waals surface area contributed by atoms with Gasteiger partial charge in [-0.3, -0.25) is 9.48 Å². The predicted octanol–water partition coefficient (Wildman–Crippen LogP) is 3.29. The van der Waals surface area contributed by atoms with Crippen LogP contribution in [0, 0.1) is 0 Å². The molecule has 2 aromatic rings. The van der Waals surface area contributed by atoms with Gasteiger partial charge in [-0.2, -0.15) is 5.10 Å². The van der Waals surface area contributed by atoms with Gasteiger partial charge in [0.2, 0.25) is 0 Å². The van der Waals surface area contributed by atoms with E-state index in [1.807, 2.05) is 16.9 Å². The summed E-state index contributed by atoms with van der Waals surface area (Å²) in [6.07, 6.45) is 3.29. The number of rotatable bonds is 6. The van der Waals surface area contributed by atoms with Crippen LogP contribution in [0.25, 0.3) is 0 Å². The number of hydrogen-bond acceptors (Lipinski definition) is 3. The second-order valence-electron chi connectivity index (χ2n) is 4.87. The van der Waals surface area contributed by atoms with Crippen LogP contribution in [-0.4, -0.2) is 22.7 Å².